The van der Waals surface area contributed by atoms with Crippen molar-refractivity contribution in [2.45, 2.75) is 45.6 Å². The molecule has 0 aromatic heterocycles. The van der Waals surface area contributed by atoms with Crippen LogP contribution >= 0.6 is 0 Å². The number of Topliss-reactive ketones (excluding diaryl/α,β-unsaturated/α-hetero) is 1. The smallest absolute Gasteiger partial charge is 0.306 e. The van der Waals surface area contributed by atoms with Gasteiger partial charge >= 0.3 is 5.97 Å². The van der Waals surface area contributed by atoms with E-state index in [1.54, 1.807) is 6.92 Å². The van der Waals surface area contributed by atoms with E-state index in [0.717, 1.165) is 0 Å². The maximum absolute atomic E-state index is 11.6. The van der Waals surface area contributed by atoms with Crippen LogP contribution in [0.1, 0.15) is 39.5 Å². The molecule has 0 fully saturated rings. The number of cyclic esters (lactones) is 1. The average Bonchev–Trinajstić information content (AvgIpc) is 2.28. The van der Waals surface area contributed by atoms with Crippen molar-refractivity contribution in [1.82, 2.24) is 0 Å². The Labute approximate surface area is 90.5 Å². The van der Waals surface area contributed by atoms with Gasteiger partial charge in [-0.3, -0.25) is 9.59 Å². The van der Waals surface area contributed by atoms with Crippen LogP contribution in [-0.2, 0) is 14.3 Å². The molecule has 1 aliphatic heterocycles. The number of ether oxygens (including phenoxy) is 1. The zero-order chi connectivity index (χ0) is 11.3. The van der Waals surface area contributed by atoms with Crippen LogP contribution in [-0.4, -0.2) is 17.9 Å². The number of hydrogen-bond donors (Lipinski definition) is 0. The fourth-order valence-electron chi connectivity index (χ4n) is 1.76. The van der Waals surface area contributed by atoms with Crippen LogP contribution in [0.3, 0.4) is 0 Å². The minimum atomic E-state index is -0.298. The minimum absolute atomic E-state index is 0.168. The second kappa shape index (κ2) is 5.69. The van der Waals surface area contributed by atoms with Crippen molar-refractivity contribution < 1.29 is 14.3 Å². The lowest BCUT2D eigenvalue weighted by Crippen LogP contribution is -2.29. The second-order valence-electron chi connectivity index (χ2n) is 3.87. The molecule has 15 heavy (non-hydrogen) atoms. The summed E-state index contributed by atoms with van der Waals surface area (Å²) in [6.07, 6.45) is 5.94. The summed E-state index contributed by atoms with van der Waals surface area (Å²) in [4.78, 5) is 22.9. The van der Waals surface area contributed by atoms with Gasteiger partial charge in [0.05, 0.1) is 5.92 Å². The lowest BCUT2D eigenvalue weighted by Gasteiger charge is -2.20. The van der Waals surface area contributed by atoms with Gasteiger partial charge in [-0.2, -0.15) is 0 Å². The SMILES string of the molecule is CCC(=O)[C@@H]1C/C=C/CCC(=O)O[C@H]1C. The first kappa shape index (κ1) is 12.0. The Bertz CT molecular complexity index is 268. The molecule has 84 valence electrons. The van der Waals surface area contributed by atoms with Crippen molar-refractivity contribution in [1.29, 1.82) is 0 Å². The van der Waals surface area contributed by atoms with Crippen LogP contribution in [0.5, 0.6) is 0 Å². The average molecular weight is 210 g/mol. The van der Waals surface area contributed by atoms with Crippen LogP contribution < -0.4 is 0 Å². The summed E-state index contributed by atoms with van der Waals surface area (Å²) < 4.78 is 5.21. The summed E-state index contributed by atoms with van der Waals surface area (Å²) in [5.41, 5.74) is 0. The van der Waals surface area contributed by atoms with E-state index in [0.29, 0.717) is 25.7 Å². The summed E-state index contributed by atoms with van der Waals surface area (Å²) in [7, 11) is 0. The van der Waals surface area contributed by atoms with E-state index in [9.17, 15) is 9.59 Å². The zero-order valence-electron chi connectivity index (χ0n) is 9.36. The molecule has 0 bridgehead atoms. The topological polar surface area (TPSA) is 43.4 Å². The highest BCUT2D eigenvalue weighted by molar-refractivity contribution is 5.82. The summed E-state index contributed by atoms with van der Waals surface area (Å²) in [6, 6.07) is 0. The Balaban J connectivity index is 2.73. The number of ketones is 1. The number of carbonyl (C=O) groups excluding carboxylic acids is 2. The van der Waals surface area contributed by atoms with Crippen LogP contribution in [0.4, 0.5) is 0 Å². The molecule has 0 N–H and O–H groups in total. The van der Waals surface area contributed by atoms with E-state index in [1.165, 1.54) is 0 Å². The van der Waals surface area contributed by atoms with E-state index in [-0.39, 0.29) is 23.8 Å². The molecule has 0 aromatic carbocycles. The molecule has 0 aliphatic carbocycles. The second-order valence-corrected chi connectivity index (χ2v) is 3.87. The highest BCUT2D eigenvalue weighted by atomic mass is 16.5. The molecule has 0 aromatic rings. The molecule has 3 nitrogen and oxygen atoms in total. The molecule has 0 radical (unpaired) electrons. The predicted molar refractivity (Wildman–Crippen MR) is 57.3 cm³/mol. The molecule has 1 heterocycles. The first-order chi connectivity index (χ1) is 7.15. The number of rotatable bonds is 2. The van der Waals surface area contributed by atoms with Gasteiger partial charge in [0.25, 0.3) is 0 Å². The molecule has 0 saturated carbocycles. The summed E-state index contributed by atoms with van der Waals surface area (Å²) in [6.45, 7) is 3.64. The van der Waals surface area contributed by atoms with Crippen molar-refractivity contribution in [3.8, 4) is 0 Å². The summed E-state index contributed by atoms with van der Waals surface area (Å²) >= 11 is 0. The number of allylic oxidation sites excluding steroid dienone is 2. The highest BCUT2D eigenvalue weighted by Crippen LogP contribution is 2.19. The molecule has 2 atom stereocenters. The third kappa shape index (κ3) is 3.50. The monoisotopic (exact) mass is 210 g/mol. The van der Waals surface area contributed by atoms with Gasteiger partial charge in [0.1, 0.15) is 11.9 Å². The van der Waals surface area contributed by atoms with Crippen molar-refractivity contribution in [3.05, 3.63) is 12.2 Å². The number of esters is 1. The molecule has 0 spiro atoms. The van der Waals surface area contributed by atoms with Crippen LogP contribution in [0.25, 0.3) is 0 Å². The van der Waals surface area contributed by atoms with Crippen molar-refractivity contribution in [3.63, 3.8) is 0 Å². The molecular formula is C12H18O3. The summed E-state index contributed by atoms with van der Waals surface area (Å²) in [5, 5.41) is 0. The summed E-state index contributed by atoms with van der Waals surface area (Å²) in [5.74, 6) is -0.210. The standard InChI is InChI=1S/C12H18O3/c1-3-11(13)10-7-5-4-6-8-12(14)15-9(10)2/h4-5,9-10H,3,6-8H2,1-2H3/b5-4+/t9-,10+/m0/s1. The van der Waals surface area contributed by atoms with Crippen LogP contribution in [0.15, 0.2) is 12.2 Å². The fourth-order valence-corrected chi connectivity index (χ4v) is 1.76. The lowest BCUT2D eigenvalue weighted by molar-refractivity contribution is -0.152. The first-order valence-corrected chi connectivity index (χ1v) is 5.52. The van der Waals surface area contributed by atoms with E-state index in [2.05, 4.69) is 0 Å². The van der Waals surface area contributed by atoms with Crippen LogP contribution in [0.2, 0.25) is 0 Å². The Morgan fingerprint density at radius 3 is 2.93 bits per heavy atom. The van der Waals surface area contributed by atoms with Gasteiger partial charge in [-0.1, -0.05) is 19.1 Å². The normalized spacial score (nSPS) is 29.6. The molecule has 1 aliphatic rings. The first-order valence-electron chi connectivity index (χ1n) is 5.52. The van der Waals surface area contributed by atoms with Gasteiger partial charge < -0.3 is 4.74 Å². The van der Waals surface area contributed by atoms with E-state index in [1.807, 2.05) is 19.1 Å². The Morgan fingerprint density at radius 1 is 1.53 bits per heavy atom. The highest BCUT2D eigenvalue weighted by Gasteiger charge is 2.26. The van der Waals surface area contributed by atoms with Gasteiger partial charge in [-0.05, 0) is 19.8 Å². The number of carbonyl (C=O) groups is 2. The maximum Gasteiger partial charge on any atom is 0.306 e. The predicted octanol–water partition coefficient (Wildman–Crippen LogP) is 2.25. The van der Waals surface area contributed by atoms with Crippen molar-refractivity contribution in [2.24, 2.45) is 5.92 Å². The Hall–Kier alpha value is -1.12. The van der Waals surface area contributed by atoms with E-state index >= 15 is 0 Å². The van der Waals surface area contributed by atoms with Gasteiger partial charge in [0.2, 0.25) is 0 Å². The molecule has 1 rings (SSSR count). The molecule has 0 amide bonds. The minimum Gasteiger partial charge on any atom is -0.462 e. The van der Waals surface area contributed by atoms with Gasteiger partial charge in [-0.25, -0.2) is 0 Å². The molecular weight excluding hydrogens is 192 g/mol. The largest absolute Gasteiger partial charge is 0.462 e. The van der Waals surface area contributed by atoms with Gasteiger partial charge in [0, 0.05) is 12.8 Å². The van der Waals surface area contributed by atoms with Crippen molar-refractivity contribution >= 4 is 11.8 Å². The fraction of sp³-hybridized carbons (Fsp3) is 0.667. The van der Waals surface area contributed by atoms with Crippen molar-refractivity contribution in [2.75, 3.05) is 0 Å². The number of hydrogen-bond acceptors (Lipinski definition) is 3. The molecule has 3 heteroatoms. The third-order valence-corrected chi connectivity index (χ3v) is 2.72. The molecule has 0 saturated heterocycles. The molecule has 0 unspecified atom stereocenters. The van der Waals surface area contributed by atoms with E-state index < -0.39 is 0 Å². The van der Waals surface area contributed by atoms with Gasteiger partial charge in [-0.15, -0.1) is 0 Å². The Morgan fingerprint density at radius 2 is 2.27 bits per heavy atom. The maximum atomic E-state index is 11.6. The van der Waals surface area contributed by atoms with Gasteiger partial charge in [0.15, 0.2) is 0 Å². The van der Waals surface area contributed by atoms with E-state index in [4.69, 9.17) is 4.74 Å². The zero-order valence-corrected chi connectivity index (χ0v) is 9.36. The van der Waals surface area contributed by atoms with Crippen LogP contribution in [0, 0.1) is 5.92 Å². The Kier molecular flexibility index (Phi) is 4.53. The third-order valence-electron chi connectivity index (χ3n) is 2.72. The quantitative estimate of drug-likeness (QED) is 0.518. The lowest BCUT2D eigenvalue weighted by atomic mass is 9.93.